The highest BCUT2D eigenvalue weighted by molar-refractivity contribution is 5.50. The zero-order valence-electron chi connectivity index (χ0n) is 10.5. The van der Waals surface area contributed by atoms with Crippen LogP contribution in [-0.4, -0.2) is 49.2 Å². The number of piperazine rings is 1. The zero-order chi connectivity index (χ0) is 12.6. The number of nitrogens with zero attached hydrogens (tertiary/aromatic N) is 3. The van der Waals surface area contributed by atoms with Crippen LogP contribution in [0.1, 0.15) is 12.0 Å². The molecule has 1 fully saturated rings. The lowest BCUT2D eigenvalue weighted by Crippen LogP contribution is -2.44. The Morgan fingerprint density at radius 3 is 3.06 bits per heavy atom. The maximum absolute atomic E-state index is 8.93. The molecule has 0 aromatic carbocycles. The summed E-state index contributed by atoms with van der Waals surface area (Å²) in [5, 5.41) is 15.5. The standard InChI is InChI=1S/C13H19N5/c14-11-12-3-1-4-16-13(12)17-5-2-8-18-9-6-15-7-10-18/h1,3-4,15H,2,5-10H2,(H,16,17). The molecule has 0 amide bonds. The molecule has 5 heteroatoms. The van der Waals surface area contributed by atoms with E-state index in [4.69, 9.17) is 5.26 Å². The normalized spacial score (nSPS) is 16.2. The van der Waals surface area contributed by atoms with Gasteiger partial charge in [0.05, 0.1) is 5.56 Å². The van der Waals surface area contributed by atoms with E-state index in [0.717, 1.165) is 45.7 Å². The lowest BCUT2D eigenvalue weighted by Gasteiger charge is -2.27. The highest BCUT2D eigenvalue weighted by Crippen LogP contribution is 2.09. The van der Waals surface area contributed by atoms with Gasteiger partial charge in [-0.15, -0.1) is 0 Å². The summed E-state index contributed by atoms with van der Waals surface area (Å²) < 4.78 is 0. The lowest BCUT2D eigenvalue weighted by molar-refractivity contribution is 0.240. The van der Waals surface area contributed by atoms with Gasteiger partial charge in [-0.05, 0) is 25.1 Å². The summed E-state index contributed by atoms with van der Waals surface area (Å²) in [6.07, 6.45) is 2.78. The van der Waals surface area contributed by atoms with Crippen LogP contribution >= 0.6 is 0 Å². The topological polar surface area (TPSA) is 64.0 Å². The predicted molar refractivity (Wildman–Crippen MR) is 71.4 cm³/mol. The van der Waals surface area contributed by atoms with Crippen molar-refractivity contribution in [2.24, 2.45) is 0 Å². The Kier molecular flexibility index (Phi) is 4.94. The van der Waals surface area contributed by atoms with E-state index in [-0.39, 0.29) is 0 Å². The molecule has 0 aliphatic carbocycles. The number of pyridine rings is 1. The van der Waals surface area contributed by atoms with Crippen LogP contribution in [0, 0.1) is 11.3 Å². The molecule has 2 rings (SSSR count). The summed E-state index contributed by atoms with van der Waals surface area (Å²) >= 11 is 0. The Morgan fingerprint density at radius 2 is 2.28 bits per heavy atom. The van der Waals surface area contributed by atoms with Gasteiger partial charge in [-0.2, -0.15) is 5.26 Å². The Labute approximate surface area is 108 Å². The lowest BCUT2D eigenvalue weighted by atomic mass is 10.2. The fourth-order valence-corrected chi connectivity index (χ4v) is 2.08. The Hall–Kier alpha value is -1.64. The molecule has 1 aliphatic rings. The average molecular weight is 245 g/mol. The van der Waals surface area contributed by atoms with E-state index >= 15 is 0 Å². The van der Waals surface area contributed by atoms with Crippen molar-refractivity contribution in [3.05, 3.63) is 23.9 Å². The zero-order valence-corrected chi connectivity index (χ0v) is 10.5. The number of anilines is 1. The second-order valence-corrected chi connectivity index (χ2v) is 4.38. The molecule has 1 saturated heterocycles. The first-order valence-corrected chi connectivity index (χ1v) is 6.42. The Balaban J connectivity index is 1.70. The summed E-state index contributed by atoms with van der Waals surface area (Å²) in [4.78, 5) is 6.64. The molecule has 96 valence electrons. The van der Waals surface area contributed by atoms with Crippen LogP contribution in [0.15, 0.2) is 18.3 Å². The van der Waals surface area contributed by atoms with Gasteiger partial charge in [0.1, 0.15) is 11.9 Å². The minimum absolute atomic E-state index is 0.611. The molecule has 0 radical (unpaired) electrons. The molecule has 0 unspecified atom stereocenters. The van der Waals surface area contributed by atoms with E-state index in [9.17, 15) is 0 Å². The molecule has 2 N–H and O–H groups in total. The predicted octanol–water partition coefficient (Wildman–Crippen LogP) is 0.660. The summed E-state index contributed by atoms with van der Waals surface area (Å²) in [6, 6.07) is 5.71. The SMILES string of the molecule is N#Cc1cccnc1NCCCN1CCNCC1. The summed E-state index contributed by atoms with van der Waals surface area (Å²) in [5.41, 5.74) is 0.611. The Bertz CT molecular complexity index is 406. The van der Waals surface area contributed by atoms with Crippen molar-refractivity contribution < 1.29 is 0 Å². The van der Waals surface area contributed by atoms with Crippen molar-refractivity contribution in [3.63, 3.8) is 0 Å². The fraction of sp³-hybridized carbons (Fsp3) is 0.538. The average Bonchev–Trinajstić information content (AvgIpc) is 2.45. The van der Waals surface area contributed by atoms with Crippen LogP contribution in [0.5, 0.6) is 0 Å². The van der Waals surface area contributed by atoms with E-state index in [1.807, 2.05) is 0 Å². The largest absolute Gasteiger partial charge is 0.369 e. The molecular weight excluding hydrogens is 226 g/mol. The van der Waals surface area contributed by atoms with Gasteiger partial charge in [0, 0.05) is 38.9 Å². The van der Waals surface area contributed by atoms with Crippen LogP contribution < -0.4 is 10.6 Å². The third-order valence-corrected chi connectivity index (χ3v) is 3.08. The van der Waals surface area contributed by atoms with Crippen LogP contribution in [0.2, 0.25) is 0 Å². The second-order valence-electron chi connectivity index (χ2n) is 4.38. The quantitative estimate of drug-likeness (QED) is 0.746. The van der Waals surface area contributed by atoms with Gasteiger partial charge in [0.15, 0.2) is 0 Å². The van der Waals surface area contributed by atoms with E-state index in [1.54, 1.807) is 18.3 Å². The van der Waals surface area contributed by atoms with Crippen LogP contribution in [0.4, 0.5) is 5.82 Å². The molecule has 0 atom stereocenters. The van der Waals surface area contributed by atoms with Crippen molar-refractivity contribution in [2.45, 2.75) is 6.42 Å². The van der Waals surface area contributed by atoms with Gasteiger partial charge in [0.2, 0.25) is 0 Å². The van der Waals surface area contributed by atoms with Crippen molar-refractivity contribution in [2.75, 3.05) is 44.6 Å². The number of rotatable bonds is 5. The van der Waals surface area contributed by atoms with Crippen LogP contribution in [-0.2, 0) is 0 Å². The summed E-state index contributed by atoms with van der Waals surface area (Å²) in [7, 11) is 0. The van der Waals surface area contributed by atoms with Crippen molar-refractivity contribution in [1.29, 1.82) is 5.26 Å². The molecule has 0 bridgehead atoms. The monoisotopic (exact) mass is 245 g/mol. The van der Waals surface area contributed by atoms with E-state index in [2.05, 4.69) is 26.6 Å². The molecule has 18 heavy (non-hydrogen) atoms. The number of hydrogen-bond donors (Lipinski definition) is 2. The third-order valence-electron chi connectivity index (χ3n) is 3.08. The third kappa shape index (κ3) is 3.69. The van der Waals surface area contributed by atoms with Crippen LogP contribution in [0.25, 0.3) is 0 Å². The first-order valence-electron chi connectivity index (χ1n) is 6.42. The molecule has 5 nitrogen and oxygen atoms in total. The molecule has 0 spiro atoms. The highest BCUT2D eigenvalue weighted by Gasteiger charge is 2.08. The van der Waals surface area contributed by atoms with Crippen molar-refractivity contribution in [3.8, 4) is 6.07 Å². The first-order chi connectivity index (χ1) is 8.90. The Morgan fingerprint density at radius 1 is 1.44 bits per heavy atom. The van der Waals surface area contributed by atoms with Crippen molar-refractivity contribution >= 4 is 5.82 Å². The molecule has 1 aromatic heterocycles. The highest BCUT2D eigenvalue weighted by atomic mass is 15.2. The number of nitrogens with one attached hydrogen (secondary N) is 2. The van der Waals surface area contributed by atoms with E-state index < -0.39 is 0 Å². The van der Waals surface area contributed by atoms with Gasteiger partial charge < -0.3 is 15.5 Å². The second kappa shape index (κ2) is 6.94. The maximum Gasteiger partial charge on any atom is 0.143 e. The van der Waals surface area contributed by atoms with Gasteiger partial charge >= 0.3 is 0 Å². The van der Waals surface area contributed by atoms with Gasteiger partial charge in [-0.25, -0.2) is 4.98 Å². The van der Waals surface area contributed by atoms with Gasteiger partial charge in [-0.3, -0.25) is 0 Å². The van der Waals surface area contributed by atoms with Gasteiger partial charge in [0.25, 0.3) is 0 Å². The van der Waals surface area contributed by atoms with Crippen LogP contribution in [0.3, 0.4) is 0 Å². The minimum Gasteiger partial charge on any atom is -0.369 e. The molecule has 0 saturated carbocycles. The summed E-state index contributed by atoms with van der Waals surface area (Å²) in [5.74, 6) is 0.695. The summed E-state index contributed by atoms with van der Waals surface area (Å²) in [6.45, 7) is 6.40. The molecule has 1 aliphatic heterocycles. The maximum atomic E-state index is 8.93. The number of aromatic nitrogens is 1. The molecule has 1 aromatic rings. The fourth-order valence-electron chi connectivity index (χ4n) is 2.08. The number of nitriles is 1. The molecule has 2 heterocycles. The van der Waals surface area contributed by atoms with Crippen molar-refractivity contribution in [1.82, 2.24) is 15.2 Å². The van der Waals surface area contributed by atoms with E-state index in [0.29, 0.717) is 11.4 Å². The smallest absolute Gasteiger partial charge is 0.143 e. The molecular formula is C13H19N5. The van der Waals surface area contributed by atoms with Gasteiger partial charge in [-0.1, -0.05) is 0 Å². The first kappa shape index (κ1) is 12.8. The van der Waals surface area contributed by atoms with E-state index in [1.165, 1.54) is 0 Å². The minimum atomic E-state index is 0.611. The number of hydrogen-bond acceptors (Lipinski definition) is 5.